The highest BCUT2D eigenvalue weighted by molar-refractivity contribution is 5.95. The number of amides is 1. The highest BCUT2D eigenvalue weighted by Gasteiger charge is 2.37. The van der Waals surface area contributed by atoms with Crippen molar-refractivity contribution in [1.82, 2.24) is 9.80 Å². The van der Waals surface area contributed by atoms with E-state index in [0.29, 0.717) is 18.7 Å². The molecular weight excluding hydrogens is 348 g/mol. The van der Waals surface area contributed by atoms with Gasteiger partial charge in [-0.2, -0.15) is 0 Å². The topological polar surface area (TPSA) is 82.5 Å². The number of likely N-dealkylation sites (tertiary alicyclic amines) is 1. The largest absolute Gasteiger partial charge is 0.504 e. The third kappa shape index (κ3) is 4.54. The van der Waals surface area contributed by atoms with Crippen molar-refractivity contribution in [3.05, 3.63) is 23.8 Å². The number of carbonyl (C=O) groups excluding carboxylic acids is 1. The van der Waals surface area contributed by atoms with Gasteiger partial charge in [0, 0.05) is 50.8 Å². The van der Waals surface area contributed by atoms with Crippen LogP contribution < -0.4 is 4.74 Å². The molecule has 0 bridgehead atoms. The molecule has 1 aromatic carbocycles. The molecule has 0 aromatic heterocycles. The number of ether oxygens (including phenoxy) is 2. The van der Waals surface area contributed by atoms with E-state index in [1.54, 1.807) is 17.0 Å². The number of aliphatic hydroxyl groups is 1. The third-order valence-corrected chi connectivity index (χ3v) is 5.51. The maximum Gasteiger partial charge on any atom is 0.254 e. The van der Waals surface area contributed by atoms with Gasteiger partial charge < -0.3 is 24.6 Å². The van der Waals surface area contributed by atoms with Crippen LogP contribution in [0.1, 0.15) is 24.2 Å². The summed E-state index contributed by atoms with van der Waals surface area (Å²) in [5, 5.41) is 19.6. The third-order valence-electron chi connectivity index (χ3n) is 5.51. The molecule has 0 unspecified atom stereocenters. The van der Waals surface area contributed by atoms with Gasteiger partial charge in [-0.25, -0.2) is 0 Å². The Morgan fingerprint density at radius 2 is 1.85 bits per heavy atom. The van der Waals surface area contributed by atoms with Gasteiger partial charge in [-0.15, -0.1) is 0 Å². The van der Waals surface area contributed by atoms with Crippen LogP contribution in [0, 0.1) is 11.8 Å². The Labute approximate surface area is 160 Å². The number of aliphatic hydroxyl groups excluding tert-OH is 1. The lowest BCUT2D eigenvalue weighted by atomic mass is 9.96. The number of hydrogen-bond acceptors (Lipinski definition) is 6. The predicted molar refractivity (Wildman–Crippen MR) is 101 cm³/mol. The zero-order valence-corrected chi connectivity index (χ0v) is 16.3. The number of benzene rings is 1. The molecule has 2 fully saturated rings. The van der Waals surface area contributed by atoms with Crippen molar-refractivity contribution in [2.45, 2.75) is 26.1 Å². The molecule has 2 heterocycles. The van der Waals surface area contributed by atoms with Gasteiger partial charge in [0.15, 0.2) is 11.5 Å². The zero-order chi connectivity index (χ0) is 19.6. The van der Waals surface area contributed by atoms with Crippen LogP contribution in [0.4, 0.5) is 0 Å². The van der Waals surface area contributed by atoms with Crippen LogP contribution in [-0.4, -0.2) is 84.6 Å². The van der Waals surface area contributed by atoms with Crippen LogP contribution in [0.25, 0.3) is 0 Å². The summed E-state index contributed by atoms with van der Waals surface area (Å²) in [6, 6.07) is 4.64. The van der Waals surface area contributed by atoms with Gasteiger partial charge in [-0.1, -0.05) is 0 Å². The zero-order valence-electron chi connectivity index (χ0n) is 16.3. The first kappa shape index (κ1) is 19.9. The van der Waals surface area contributed by atoms with Crippen molar-refractivity contribution >= 4 is 5.91 Å². The lowest BCUT2D eigenvalue weighted by Gasteiger charge is -2.37. The highest BCUT2D eigenvalue weighted by Crippen LogP contribution is 2.30. The van der Waals surface area contributed by atoms with Crippen molar-refractivity contribution in [3.63, 3.8) is 0 Å². The smallest absolute Gasteiger partial charge is 0.254 e. The molecule has 2 saturated heterocycles. The fourth-order valence-electron chi connectivity index (χ4n) is 4.28. The Bertz CT molecular complexity index is 658. The average molecular weight is 378 g/mol. The van der Waals surface area contributed by atoms with Crippen LogP contribution >= 0.6 is 0 Å². The second-order valence-electron chi connectivity index (χ2n) is 7.78. The minimum atomic E-state index is -0.0991. The molecule has 27 heavy (non-hydrogen) atoms. The molecule has 3 rings (SSSR count). The molecule has 7 nitrogen and oxygen atoms in total. The van der Waals surface area contributed by atoms with Gasteiger partial charge in [0.25, 0.3) is 5.91 Å². The lowest BCUT2D eigenvalue weighted by Crippen LogP contribution is -2.48. The van der Waals surface area contributed by atoms with Crippen molar-refractivity contribution in [1.29, 1.82) is 0 Å². The molecule has 2 aliphatic heterocycles. The number of phenolic OH excluding ortho intramolecular Hbond substituents is 1. The van der Waals surface area contributed by atoms with Gasteiger partial charge in [0.05, 0.1) is 19.3 Å². The summed E-state index contributed by atoms with van der Waals surface area (Å²) >= 11 is 0. The van der Waals surface area contributed by atoms with E-state index in [-0.39, 0.29) is 48.1 Å². The standard InChI is InChI=1S/C20H30N2O5/c1-13-7-21(8-14(2)27-13)9-16-10-22(11-17(16)12-23)20(25)15-4-5-18(24)19(6-15)26-3/h4-6,13-14,16-17,23-24H,7-12H2,1-3H3/t13-,14+,16-,17-/m0/s1. The summed E-state index contributed by atoms with van der Waals surface area (Å²) in [5.41, 5.74) is 0.482. The SMILES string of the molecule is COc1cc(C(=O)N2C[C@@H](CO)[C@@H](CN3C[C@@H](C)O[C@@H](C)C3)C2)ccc1O. The van der Waals surface area contributed by atoms with E-state index in [0.717, 1.165) is 19.6 Å². The Kier molecular flexibility index (Phi) is 6.24. The van der Waals surface area contributed by atoms with Crippen LogP contribution in [0.3, 0.4) is 0 Å². The fraction of sp³-hybridized carbons (Fsp3) is 0.650. The Morgan fingerprint density at radius 3 is 2.48 bits per heavy atom. The van der Waals surface area contributed by atoms with Gasteiger partial charge in [-0.05, 0) is 38.0 Å². The lowest BCUT2D eigenvalue weighted by molar-refractivity contribution is -0.0726. The number of aromatic hydroxyl groups is 1. The van der Waals surface area contributed by atoms with Gasteiger partial charge in [-0.3, -0.25) is 9.69 Å². The van der Waals surface area contributed by atoms with Crippen molar-refractivity contribution in [2.75, 3.05) is 46.4 Å². The molecule has 0 radical (unpaired) electrons. The predicted octanol–water partition coefficient (Wildman–Crippen LogP) is 1.19. The summed E-state index contributed by atoms with van der Waals surface area (Å²) in [4.78, 5) is 17.1. The molecule has 4 atom stereocenters. The van der Waals surface area contributed by atoms with E-state index >= 15 is 0 Å². The van der Waals surface area contributed by atoms with E-state index < -0.39 is 0 Å². The molecule has 2 aliphatic rings. The second kappa shape index (κ2) is 8.46. The molecule has 0 aliphatic carbocycles. The number of hydrogen-bond donors (Lipinski definition) is 2. The summed E-state index contributed by atoms with van der Waals surface area (Å²) in [7, 11) is 1.46. The fourth-order valence-corrected chi connectivity index (χ4v) is 4.28. The highest BCUT2D eigenvalue weighted by atomic mass is 16.5. The van der Waals surface area contributed by atoms with Crippen molar-refractivity contribution < 1.29 is 24.5 Å². The van der Waals surface area contributed by atoms with E-state index in [9.17, 15) is 15.0 Å². The van der Waals surface area contributed by atoms with Crippen LogP contribution in [0.15, 0.2) is 18.2 Å². The van der Waals surface area contributed by atoms with Gasteiger partial charge >= 0.3 is 0 Å². The molecule has 0 spiro atoms. The van der Waals surface area contributed by atoms with Crippen molar-refractivity contribution in [3.8, 4) is 11.5 Å². The van der Waals surface area contributed by atoms with Crippen molar-refractivity contribution in [2.24, 2.45) is 11.8 Å². The monoisotopic (exact) mass is 378 g/mol. The summed E-state index contributed by atoms with van der Waals surface area (Å²) in [6.07, 6.45) is 0.398. The number of carbonyl (C=O) groups is 1. The minimum Gasteiger partial charge on any atom is -0.504 e. The van der Waals surface area contributed by atoms with E-state index in [1.807, 2.05) is 0 Å². The molecule has 0 saturated carbocycles. The summed E-state index contributed by atoms with van der Waals surface area (Å²) in [5.74, 6) is 0.499. The Hall–Kier alpha value is -1.83. The first-order chi connectivity index (χ1) is 12.9. The first-order valence-corrected chi connectivity index (χ1v) is 9.56. The molecule has 7 heteroatoms. The van der Waals surface area contributed by atoms with Crippen LogP contribution in [0.5, 0.6) is 11.5 Å². The first-order valence-electron chi connectivity index (χ1n) is 9.56. The second-order valence-corrected chi connectivity index (χ2v) is 7.78. The Balaban J connectivity index is 1.67. The Morgan fingerprint density at radius 1 is 1.19 bits per heavy atom. The normalized spacial score (nSPS) is 29.1. The number of morpholine rings is 1. The maximum atomic E-state index is 12.9. The molecule has 150 valence electrons. The van der Waals surface area contributed by atoms with E-state index in [4.69, 9.17) is 9.47 Å². The van der Waals surface area contributed by atoms with Gasteiger partial charge in [0.1, 0.15) is 0 Å². The van der Waals surface area contributed by atoms with Crippen LogP contribution in [0.2, 0.25) is 0 Å². The number of nitrogens with zero attached hydrogens (tertiary/aromatic N) is 2. The molecule has 2 N–H and O–H groups in total. The molecular formula is C20H30N2O5. The summed E-state index contributed by atoms with van der Waals surface area (Å²) in [6.45, 7) is 7.99. The molecule has 1 amide bonds. The minimum absolute atomic E-state index is 0.0112. The molecule has 1 aromatic rings. The summed E-state index contributed by atoms with van der Waals surface area (Å²) < 4.78 is 10.9. The van der Waals surface area contributed by atoms with Gasteiger partial charge in [0.2, 0.25) is 0 Å². The number of methoxy groups -OCH3 is 1. The average Bonchev–Trinajstić information content (AvgIpc) is 3.03. The quantitative estimate of drug-likeness (QED) is 0.801. The van der Waals surface area contributed by atoms with Crippen LogP contribution in [-0.2, 0) is 4.74 Å². The number of rotatable bonds is 5. The maximum absolute atomic E-state index is 12.9. The van der Waals surface area contributed by atoms with E-state index in [1.165, 1.54) is 13.2 Å². The van der Waals surface area contributed by atoms with E-state index in [2.05, 4.69) is 18.7 Å². The number of phenols is 1.